The highest BCUT2D eigenvalue weighted by molar-refractivity contribution is 5.81. The molecule has 0 aromatic heterocycles. The number of likely N-dealkylation sites (tertiary alicyclic amines) is 1. The maximum atomic E-state index is 11.5. The second-order valence-corrected chi connectivity index (χ2v) is 3.95. The molecular formula is C9H18N2O2. The van der Waals surface area contributed by atoms with Gasteiger partial charge in [0, 0.05) is 25.6 Å². The van der Waals surface area contributed by atoms with E-state index in [2.05, 4.69) is 6.92 Å². The number of nitrogens with two attached hydrogens (primary N) is 1. The Hall–Kier alpha value is -0.610. The van der Waals surface area contributed by atoms with Crippen molar-refractivity contribution in [3.63, 3.8) is 0 Å². The second-order valence-electron chi connectivity index (χ2n) is 3.95. The first-order chi connectivity index (χ1) is 6.06. The molecule has 0 saturated carbocycles. The van der Waals surface area contributed by atoms with Gasteiger partial charge in [-0.3, -0.25) is 4.79 Å². The fourth-order valence-corrected chi connectivity index (χ4v) is 1.74. The second kappa shape index (κ2) is 4.07. The van der Waals surface area contributed by atoms with Crippen LogP contribution in [-0.2, 0) is 4.79 Å². The molecule has 0 spiro atoms. The number of nitrogens with zero attached hydrogens (tertiary/aromatic N) is 1. The number of carbonyl (C=O) groups is 1. The molecule has 0 aromatic rings. The van der Waals surface area contributed by atoms with Crippen LogP contribution in [0.5, 0.6) is 0 Å². The summed E-state index contributed by atoms with van der Waals surface area (Å²) in [5.74, 6) is 0.596. The fraction of sp³-hybridized carbons (Fsp3) is 0.889. The van der Waals surface area contributed by atoms with Gasteiger partial charge in [-0.15, -0.1) is 0 Å². The molecule has 0 unspecified atom stereocenters. The van der Waals surface area contributed by atoms with E-state index in [1.54, 1.807) is 11.8 Å². The van der Waals surface area contributed by atoms with Crippen LogP contribution in [0.25, 0.3) is 0 Å². The summed E-state index contributed by atoms with van der Waals surface area (Å²) in [6, 6.07) is -0.426. The Bertz CT molecular complexity index is 194. The Kier molecular flexibility index (Phi) is 3.27. The molecule has 1 aliphatic heterocycles. The van der Waals surface area contributed by atoms with Gasteiger partial charge in [0.2, 0.25) is 5.91 Å². The standard InChI is InChI=1S/C9H18N2O2/c1-6-3-11(4-8(6)5-12)9(13)7(2)10/h6-8,12H,3-5,10H2,1-2H3/t6-,7+,8+/m1/s1. The molecule has 3 atom stereocenters. The number of hydrogen-bond donors (Lipinski definition) is 2. The molecule has 3 N–H and O–H groups in total. The highest BCUT2D eigenvalue weighted by atomic mass is 16.3. The maximum absolute atomic E-state index is 11.5. The monoisotopic (exact) mass is 186 g/mol. The van der Waals surface area contributed by atoms with Gasteiger partial charge in [0.15, 0.2) is 0 Å². The van der Waals surface area contributed by atoms with Crippen LogP contribution >= 0.6 is 0 Å². The van der Waals surface area contributed by atoms with Crippen LogP contribution in [0.15, 0.2) is 0 Å². The molecule has 1 aliphatic rings. The van der Waals surface area contributed by atoms with Crippen molar-refractivity contribution in [3.05, 3.63) is 0 Å². The van der Waals surface area contributed by atoms with Gasteiger partial charge in [-0.25, -0.2) is 0 Å². The zero-order chi connectivity index (χ0) is 10.0. The largest absolute Gasteiger partial charge is 0.396 e. The number of carbonyl (C=O) groups excluding carboxylic acids is 1. The van der Waals surface area contributed by atoms with E-state index >= 15 is 0 Å². The lowest BCUT2D eigenvalue weighted by molar-refractivity contribution is -0.131. The molecule has 0 aromatic carbocycles. The predicted molar refractivity (Wildman–Crippen MR) is 50.0 cm³/mol. The lowest BCUT2D eigenvalue weighted by Crippen LogP contribution is -2.41. The van der Waals surface area contributed by atoms with Gasteiger partial charge < -0.3 is 15.7 Å². The van der Waals surface area contributed by atoms with Crippen LogP contribution in [0.1, 0.15) is 13.8 Å². The topological polar surface area (TPSA) is 66.6 Å². The maximum Gasteiger partial charge on any atom is 0.239 e. The highest BCUT2D eigenvalue weighted by Crippen LogP contribution is 2.22. The third kappa shape index (κ3) is 2.19. The van der Waals surface area contributed by atoms with Gasteiger partial charge in [-0.1, -0.05) is 6.92 Å². The van der Waals surface area contributed by atoms with E-state index in [1.165, 1.54) is 0 Å². The molecule has 13 heavy (non-hydrogen) atoms. The van der Waals surface area contributed by atoms with E-state index < -0.39 is 6.04 Å². The quantitative estimate of drug-likeness (QED) is 0.606. The summed E-state index contributed by atoms with van der Waals surface area (Å²) < 4.78 is 0. The predicted octanol–water partition coefficient (Wildman–Crippen LogP) is -0.580. The molecule has 0 radical (unpaired) electrons. The van der Waals surface area contributed by atoms with Crippen LogP contribution in [0.3, 0.4) is 0 Å². The van der Waals surface area contributed by atoms with Crippen molar-refractivity contribution in [2.75, 3.05) is 19.7 Å². The van der Waals surface area contributed by atoms with Gasteiger partial charge >= 0.3 is 0 Å². The molecule has 1 amide bonds. The van der Waals surface area contributed by atoms with Crippen LogP contribution in [0.2, 0.25) is 0 Å². The average Bonchev–Trinajstić information content (AvgIpc) is 2.45. The Morgan fingerprint density at radius 3 is 2.69 bits per heavy atom. The first kappa shape index (κ1) is 10.5. The summed E-state index contributed by atoms with van der Waals surface area (Å²) in [6.07, 6.45) is 0. The normalized spacial score (nSPS) is 30.6. The molecule has 1 heterocycles. The van der Waals surface area contributed by atoms with E-state index in [9.17, 15) is 4.79 Å². The molecular weight excluding hydrogens is 168 g/mol. The summed E-state index contributed by atoms with van der Waals surface area (Å²) in [5.41, 5.74) is 5.49. The van der Waals surface area contributed by atoms with Gasteiger partial charge in [0.25, 0.3) is 0 Å². The van der Waals surface area contributed by atoms with Crippen molar-refractivity contribution in [1.82, 2.24) is 4.90 Å². The van der Waals surface area contributed by atoms with Gasteiger partial charge in [-0.05, 0) is 12.8 Å². The lowest BCUT2D eigenvalue weighted by Gasteiger charge is -2.18. The molecule has 4 nitrogen and oxygen atoms in total. The number of rotatable bonds is 2. The molecule has 4 heteroatoms. The van der Waals surface area contributed by atoms with Crippen molar-refractivity contribution in [2.45, 2.75) is 19.9 Å². The third-order valence-corrected chi connectivity index (χ3v) is 2.70. The van der Waals surface area contributed by atoms with Crippen LogP contribution in [0.4, 0.5) is 0 Å². The number of hydrogen-bond acceptors (Lipinski definition) is 3. The fourth-order valence-electron chi connectivity index (χ4n) is 1.74. The average molecular weight is 186 g/mol. The Morgan fingerprint density at radius 1 is 1.69 bits per heavy atom. The highest BCUT2D eigenvalue weighted by Gasteiger charge is 2.32. The Balaban J connectivity index is 2.53. The van der Waals surface area contributed by atoms with Crippen molar-refractivity contribution < 1.29 is 9.90 Å². The summed E-state index contributed by atoms with van der Waals surface area (Å²) in [4.78, 5) is 13.2. The van der Waals surface area contributed by atoms with Crippen molar-refractivity contribution >= 4 is 5.91 Å². The molecule has 76 valence electrons. The molecule has 1 fully saturated rings. The summed E-state index contributed by atoms with van der Waals surface area (Å²) in [7, 11) is 0. The van der Waals surface area contributed by atoms with E-state index in [0.29, 0.717) is 12.5 Å². The minimum absolute atomic E-state index is 0.0113. The first-order valence-corrected chi connectivity index (χ1v) is 4.71. The zero-order valence-electron chi connectivity index (χ0n) is 8.23. The number of aliphatic hydroxyl groups excluding tert-OH is 1. The number of amides is 1. The molecule has 1 rings (SSSR count). The summed E-state index contributed by atoms with van der Waals surface area (Å²) in [5, 5.41) is 9.01. The Morgan fingerprint density at radius 2 is 2.31 bits per heavy atom. The van der Waals surface area contributed by atoms with Gasteiger partial charge in [0.05, 0.1) is 6.04 Å². The number of aliphatic hydroxyl groups is 1. The van der Waals surface area contributed by atoms with Gasteiger partial charge in [-0.2, -0.15) is 0 Å². The van der Waals surface area contributed by atoms with Crippen LogP contribution in [-0.4, -0.2) is 41.7 Å². The minimum Gasteiger partial charge on any atom is -0.396 e. The summed E-state index contributed by atoms with van der Waals surface area (Å²) in [6.45, 7) is 5.28. The van der Waals surface area contributed by atoms with E-state index in [0.717, 1.165) is 6.54 Å². The SMILES string of the molecule is C[C@H](N)C(=O)N1C[C@@H](CO)[C@H](C)C1. The molecule has 1 saturated heterocycles. The summed E-state index contributed by atoms with van der Waals surface area (Å²) >= 11 is 0. The van der Waals surface area contributed by atoms with E-state index in [1.807, 2.05) is 0 Å². The lowest BCUT2D eigenvalue weighted by atomic mass is 10.00. The third-order valence-electron chi connectivity index (χ3n) is 2.70. The van der Waals surface area contributed by atoms with E-state index in [4.69, 9.17) is 10.8 Å². The minimum atomic E-state index is -0.426. The Labute approximate surface area is 78.7 Å². The van der Waals surface area contributed by atoms with Gasteiger partial charge in [0.1, 0.15) is 0 Å². The zero-order valence-corrected chi connectivity index (χ0v) is 8.23. The smallest absolute Gasteiger partial charge is 0.239 e. The van der Waals surface area contributed by atoms with Crippen molar-refractivity contribution in [1.29, 1.82) is 0 Å². The first-order valence-electron chi connectivity index (χ1n) is 4.71. The van der Waals surface area contributed by atoms with Crippen LogP contribution < -0.4 is 5.73 Å². The van der Waals surface area contributed by atoms with Crippen molar-refractivity contribution in [3.8, 4) is 0 Å². The molecule has 0 aliphatic carbocycles. The van der Waals surface area contributed by atoms with Crippen molar-refractivity contribution in [2.24, 2.45) is 17.6 Å². The van der Waals surface area contributed by atoms with Crippen LogP contribution in [0, 0.1) is 11.8 Å². The molecule has 0 bridgehead atoms. The van der Waals surface area contributed by atoms with E-state index in [-0.39, 0.29) is 18.4 Å².